The van der Waals surface area contributed by atoms with E-state index in [1.54, 1.807) is 26.1 Å². The first-order chi connectivity index (χ1) is 8.33. The van der Waals surface area contributed by atoms with Crippen LogP contribution in [-0.4, -0.2) is 26.4 Å². The number of halogens is 4. The Morgan fingerprint density at radius 1 is 1.33 bits per heavy atom. The number of nitrogens with one attached hydrogen (secondary N) is 1. The van der Waals surface area contributed by atoms with Crippen LogP contribution >= 0.6 is 0 Å². The Morgan fingerprint density at radius 2 is 2.00 bits per heavy atom. The lowest BCUT2D eigenvalue weighted by molar-refractivity contribution is -0.175. The number of ether oxygens (including phenoxy) is 1. The van der Waals surface area contributed by atoms with Crippen LogP contribution in [0.3, 0.4) is 0 Å². The normalized spacial score (nSPS) is 13.7. The van der Waals surface area contributed by atoms with Crippen molar-refractivity contribution in [3.05, 3.63) is 35.1 Å². The van der Waals surface area contributed by atoms with Gasteiger partial charge in [0.25, 0.3) is 0 Å². The lowest BCUT2D eigenvalue weighted by atomic mass is 10.1. The molecule has 18 heavy (non-hydrogen) atoms. The maximum Gasteiger partial charge on any atom is 0.411 e. The molecule has 0 spiro atoms. The highest BCUT2D eigenvalue weighted by Crippen LogP contribution is 2.19. The van der Waals surface area contributed by atoms with E-state index in [0.29, 0.717) is 11.1 Å². The Bertz CT molecular complexity index is 392. The first-order valence-corrected chi connectivity index (χ1v) is 5.41. The zero-order valence-electron chi connectivity index (χ0n) is 10.1. The molecule has 0 aliphatic carbocycles. The molecule has 0 fully saturated rings. The highest BCUT2D eigenvalue weighted by Gasteiger charge is 2.28. The first kappa shape index (κ1) is 14.9. The van der Waals surface area contributed by atoms with Crippen molar-refractivity contribution in [2.24, 2.45) is 0 Å². The summed E-state index contributed by atoms with van der Waals surface area (Å²) >= 11 is 0. The molecule has 0 amide bonds. The molecule has 102 valence electrons. The molecule has 1 unspecified atom stereocenters. The van der Waals surface area contributed by atoms with Gasteiger partial charge in [-0.05, 0) is 31.2 Å². The highest BCUT2D eigenvalue weighted by molar-refractivity contribution is 5.25. The minimum absolute atomic E-state index is 0.168. The Balaban J connectivity index is 2.63. The molecule has 1 atom stereocenters. The Labute approximate surface area is 103 Å². The van der Waals surface area contributed by atoms with Gasteiger partial charge in [0.1, 0.15) is 12.4 Å². The number of hydrogen-bond donors (Lipinski definition) is 1. The number of alkyl halides is 3. The van der Waals surface area contributed by atoms with Crippen molar-refractivity contribution in [3.8, 4) is 0 Å². The lowest BCUT2D eigenvalue weighted by Crippen LogP contribution is -2.25. The second-order valence-electron chi connectivity index (χ2n) is 3.98. The van der Waals surface area contributed by atoms with Crippen LogP contribution in [0.15, 0.2) is 18.2 Å². The molecule has 1 rings (SSSR count). The fourth-order valence-electron chi connectivity index (χ4n) is 1.46. The lowest BCUT2D eigenvalue weighted by Gasteiger charge is -2.18. The monoisotopic (exact) mass is 265 g/mol. The molecule has 0 saturated carbocycles. The van der Waals surface area contributed by atoms with Gasteiger partial charge in [-0.1, -0.05) is 12.1 Å². The average molecular weight is 265 g/mol. The Kier molecular flexibility index (Phi) is 5.10. The van der Waals surface area contributed by atoms with Crippen molar-refractivity contribution in [2.75, 3.05) is 20.3 Å². The van der Waals surface area contributed by atoms with Gasteiger partial charge in [0.2, 0.25) is 0 Å². The van der Waals surface area contributed by atoms with Gasteiger partial charge in [0, 0.05) is 0 Å². The molecular formula is C12H15F4NO. The molecule has 0 aliphatic rings. The van der Waals surface area contributed by atoms with Crippen molar-refractivity contribution >= 4 is 0 Å². The zero-order chi connectivity index (χ0) is 13.8. The van der Waals surface area contributed by atoms with Crippen LogP contribution < -0.4 is 5.32 Å². The molecule has 6 heteroatoms. The number of hydrogen-bond acceptors (Lipinski definition) is 2. The summed E-state index contributed by atoms with van der Waals surface area (Å²) < 4.78 is 53.7. The molecule has 1 N–H and O–H groups in total. The van der Waals surface area contributed by atoms with Gasteiger partial charge in [0.15, 0.2) is 0 Å². The number of likely N-dealkylation sites (N-methyl/N-ethyl adjacent to an activating group) is 1. The third kappa shape index (κ3) is 4.62. The minimum Gasteiger partial charge on any atom is -0.370 e. The smallest absolute Gasteiger partial charge is 0.370 e. The molecule has 0 radical (unpaired) electrons. The van der Waals surface area contributed by atoms with Crippen LogP contribution in [0.4, 0.5) is 17.6 Å². The second-order valence-corrected chi connectivity index (χ2v) is 3.98. The SMILES string of the molecule is CNC(COCC(F)(F)F)c1ccc(C)c(F)c1. The molecule has 0 saturated heterocycles. The summed E-state index contributed by atoms with van der Waals surface area (Å²) in [4.78, 5) is 0. The van der Waals surface area contributed by atoms with E-state index in [1.165, 1.54) is 6.07 Å². The van der Waals surface area contributed by atoms with E-state index >= 15 is 0 Å². The summed E-state index contributed by atoms with van der Waals surface area (Å²) in [5.74, 6) is -0.386. The van der Waals surface area contributed by atoms with Gasteiger partial charge >= 0.3 is 6.18 Å². The van der Waals surface area contributed by atoms with E-state index in [4.69, 9.17) is 0 Å². The van der Waals surface area contributed by atoms with E-state index in [1.807, 2.05) is 0 Å². The summed E-state index contributed by atoms with van der Waals surface area (Å²) in [6, 6.07) is 4.07. The van der Waals surface area contributed by atoms with Gasteiger partial charge in [-0.15, -0.1) is 0 Å². The van der Waals surface area contributed by atoms with E-state index in [-0.39, 0.29) is 12.4 Å². The van der Waals surface area contributed by atoms with Gasteiger partial charge < -0.3 is 10.1 Å². The van der Waals surface area contributed by atoms with Crippen molar-refractivity contribution in [2.45, 2.75) is 19.1 Å². The van der Waals surface area contributed by atoms with E-state index in [2.05, 4.69) is 10.1 Å². The van der Waals surface area contributed by atoms with Gasteiger partial charge in [-0.3, -0.25) is 0 Å². The number of aryl methyl sites for hydroxylation is 1. The maximum absolute atomic E-state index is 13.3. The fourth-order valence-corrected chi connectivity index (χ4v) is 1.46. The van der Waals surface area contributed by atoms with Crippen molar-refractivity contribution < 1.29 is 22.3 Å². The second kappa shape index (κ2) is 6.15. The summed E-state index contributed by atoms with van der Waals surface area (Å²) in [6.07, 6.45) is -4.35. The molecular weight excluding hydrogens is 250 g/mol. The van der Waals surface area contributed by atoms with Gasteiger partial charge in [-0.25, -0.2) is 4.39 Å². The van der Waals surface area contributed by atoms with Crippen LogP contribution in [0.2, 0.25) is 0 Å². The predicted molar refractivity (Wildman–Crippen MR) is 59.8 cm³/mol. The van der Waals surface area contributed by atoms with Crippen LogP contribution in [0.5, 0.6) is 0 Å². The van der Waals surface area contributed by atoms with Crippen LogP contribution in [0.1, 0.15) is 17.2 Å². The number of benzene rings is 1. The van der Waals surface area contributed by atoms with Crippen LogP contribution in [-0.2, 0) is 4.74 Å². The molecule has 0 aromatic heterocycles. The van der Waals surface area contributed by atoms with Crippen LogP contribution in [0.25, 0.3) is 0 Å². The van der Waals surface area contributed by atoms with E-state index in [9.17, 15) is 17.6 Å². The Morgan fingerprint density at radius 3 is 2.50 bits per heavy atom. The zero-order valence-corrected chi connectivity index (χ0v) is 10.1. The van der Waals surface area contributed by atoms with Crippen molar-refractivity contribution in [3.63, 3.8) is 0 Å². The predicted octanol–water partition coefficient (Wildman–Crippen LogP) is 2.97. The average Bonchev–Trinajstić information content (AvgIpc) is 2.27. The number of rotatable bonds is 5. The molecule has 1 aromatic rings. The highest BCUT2D eigenvalue weighted by atomic mass is 19.4. The summed E-state index contributed by atoms with van der Waals surface area (Å²) in [5.41, 5.74) is 1.05. The summed E-state index contributed by atoms with van der Waals surface area (Å²) in [5, 5.41) is 2.79. The standard InChI is InChI=1S/C12H15F4NO/c1-8-3-4-9(5-10(8)13)11(17-2)6-18-7-12(14,15)16/h3-5,11,17H,6-7H2,1-2H3. The largest absolute Gasteiger partial charge is 0.411 e. The third-order valence-corrected chi connectivity index (χ3v) is 2.50. The topological polar surface area (TPSA) is 21.3 Å². The van der Waals surface area contributed by atoms with Crippen molar-refractivity contribution in [1.82, 2.24) is 5.32 Å². The fraction of sp³-hybridized carbons (Fsp3) is 0.500. The molecule has 0 aliphatic heterocycles. The van der Waals surface area contributed by atoms with E-state index in [0.717, 1.165) is 0 Å². The molecule has 2 nitrogen and oxygen atoms in total. The maximum atomic E-state index is 13.3. The van der Waals surface area contributed by atoms with Gasteiger partial charge in [0.05, 0.1) is 12.6 Å². The quantitative estimate of drug-likeness (QED) is 0.826. The summed E-state index contributed by atoms with van der Waals surface area (Å²) in [6.45, 7) is 0.145. The minimum atomic E-state index is -4.35. The van der Waals surface area contributed by atoms with Gasteiger partial charge in [-0.2, -0.15) is 13.2 Å². The molecule has 0 bridgehead atoms. The first-order valence-electron chi connectivity index (χ1n) is 5.41. The molecule has 1 aromatic carbocycles. The molecule has 0 heterocycles. The van der Waals surface area contributed by atoms with E-state index < -0.39 is 18.8 Å². The van der Waals surface area contributed by atoms with Crippen LogP contribution in [0, 0.1) is 12.7 Å². The third-order valence-electron chi connectivity index (χ3n) is 2.50. The summed E-state index contributed by atoms with van der Waals surface area (Å²) in [7, 11) is 1.58. The Hall–Kier alpha value is -1.14. The van der Waals surface area contributed by atoms with Crippen molar-refractivity contribution in [1.29, 1.82) is 0 Å².